The van der Waals surface area contributed by atoms with Crippen LogP contribution in [0.3, 0.4) is 0 Å². The molecule has 0 aromatic heterocycles. The van der Waals surface area contributed by atoms with Crippen LogP contribution in [0.15, 0.2) is 36.4 Å². The zero-order valence-corrected chi connectivity index (χ0v) is 13.0. The molecule has 2 amide bonds. The summed E-state index contributed by atoms with van der Waals surface area (Å²) in [5.41, 5.74) is 0.633. The minimum Gasteiger partial charge on any atom is -0.373 e. The van der Waals surface area contributed by atoms with E-state index in [9.17, 15) is 9.59 Å². The highest BCUT2D eigenvalue weighted by Crippen LogP contribution is 2.50. The fourth-order valence-corrected chi connectivity index (χ4v) is 4.62. The zero-order valence-electron chi connectivity index (χ0n) is 12.2. The summed E-state index contributed by atoms with van der Waals surface area (Å²) in [5, 5.41) is 2.30. The molecule has 2 bridgehead atoms. The molecule has 116 valence electrons. The number of hydrogen-bond acceptors (Lipinski definition) is 3. The van der Waals surface area contributed by atoms with Crippen LogP contribution in [0.2, 0.25) is 5.02 Å². The second-order valence-electron chi connectivity index (χ2n) is 6.47. The maximum atomic E-state index is 12.9. The number of ether oxygens (including phenoxy) is 1. The maximum Gasteiger partial charge on any atom is 0.240 e. The first-order chi connectivity index (χ1) is 11.2. The van der Waals surface area contributed by atoms with Crippen LogP contribution in [0.5, 0.6) is 0 Å². The van der Waals surface area contributed by atoms with Crippen molar-refractivity contribution < 1.29 is 14.3 Å². The monoisotopic (exact) mass is 327 g/mol. The Balaban J connectivity index is 1.67. The number of imide groups is 1. The van der Waals surface area contributed by atoms with Gasteiger partial charge in [-0.3, -0.25) is 9.59 Å². The van der Waals surface area contributed by atoms with Gasteiger partial charge in [0, 0.05) is 15.8 Å². The molecule has 3 aliphatic rings. The molecular weight excluding hydrogens is 314 g/mol. The lowest BCUT2D eigenvalue weighted by Crippen LogP contribution is -2.34. The van der Waals surface area contributed by atoms with Gasteiger partial charge in [-0.05, 0) is 25.0 Å². The van der Waals surface area contributed by atoms with E-state index >= 15 is 0 Å². The molecule has 2 aromatic carbocycles. The molecule has 0 N–H and O–H groups in total. The number of anilines is 1. The molecule has 0 radical (unpaired) electrons. The van der Waals surface area contributed by atoms with Gasteiger partial charge in [0.05, 0.1) is 29.7 Å². The van der Waals surface area contributed by atoms with Crippen molar-refractivity contribution in [3.63, 3.8) is 0 Å². The van der Waals surface area contributed by atoms with Crippen LogP contribution < -0.4 is 4.90 Å². The molecule has 0 saturated carbocycles. The molecular formula is C18H14ClNO3. The molecule has 3 aliphatic heterocycles. The van der Waals surface area contributed by atoms with Crippen LogP contribution in [-0.2, 0) is 14.3 Å². The van der Waals surface area contributed by atoms with Gasteiger partial charge in [-0.1, -0.05) is 35.9 Å². The number of nitrogens with zero attached hydrogens (tertiary/aromatic N) is 1. The molecule has 5 heteroatoms. The van der Waals surface area contributed by atoms with Crippen molar-refractivity contribution in [2.45, 2.75) is 25.0 Å². The van der Waals surface area contributed by atoms with Crippen LogP contribution in [0, 0.1) is 11.8 Å². The van der Waals surface area contributed by atoms with Gasteiger partial charge in [-0.15, -0.1) is 0 Å². The third kappa shape index (κ3) is 1.65. The second kappa shape index (κ2) is 4.56. The highest BCUT2D eigenvalue weighted by atomic mass is 35.5. The first-order valence-electron chi connectivity index (χ1n) is 7.87. The van der Waals surface area contributed by atoms with Crippen molar-refractivity contribution >= 4 is 39.9 Å². The standard InChI is InChI=1S/C18H14ClNO3/c19-11-5-6-12(10-4-2-1-3-9(10)11)20-17(21)15-13-7-8-14(23-13)16(15)18(20)22/h1-6,13-16H,7-8H2/t13-,14+,15-,16+. The van der Waals surface area contributed by atoms with E-state index in [1.54, 1.807) is 12.1 Å². The normalized spacial score (nSPS) is 32.1. The van der Waals surface area contributed by atoms with Crippen molar-refractivity contribution in [2.75, 3.05) is 4.90 Å². The first kappa shape index (κ1) is 13.5. The number of carbonyl (C=O) groups excluding carboxylic acids is 2. The van der Waals surface area contributed by atoms with Gasteiger partial charge in [0.25, 0.3) is 0 Å². The largest absolute Gasteiger partial charge is 0.373 e. The Morgan fingerprint density at radius 1 is 0.913 bits per heavy atom. The highest BCUT2D eigenvalue weighted by Gasteiger charge is 2.62. The first-order valence-corrected chi connectivity index (χ1v) is 8.25. The van der Waals surface area contributed by atoms with Crippen molar-refractivity contribution in [3.8, 4) is 0 Å². The Kier molecular flexibility index (Phi) is 2.68. The number of halogens is 1. The molecule has 3 saturated heterocycles. The van der Waals surface area contributed by atoms with E-state index < -0.39 is 0 Å². The van der Waals surface area contributed by atoms with Gasteiger partial charge in [-0.25, -0.2) is 4.90 Å². The highest BCUT2D eigenvalue weighted by molar-refractivity contribution is 6.37. The van der Waals surface area contributed by atoms with Crippen molar-refractivity contribution in [3.05, 3.63) is 41.4 Å². The lowest BCUT2D eigenvalue weighted by molar-refractivity contribution is -0.124. The van der Waals surface area contributed by atoms with Crippen LogP contribution in [0.25, 0.3) is 10.8 Å². The van der Waals surface area contributed by atoms with Gasteiger partial charge in [0.15, 0.2) is 0 Å². The van der Waals surface area contributed by atoms with E-state index in [-0.39, 0.29) is 35.9 Å². The predicted molar refractivity (Wildman–Crippen MR) is 86.3 cm³/mol. The maximum absolute atomic E-state index is 12.9. The van der Waals surface area contributed by atoms with Gasteiger partial charge in [-0.2, -0.15) is 0 Å². The fourth-order valence-electron chi connectivity index (χ4n) is 4.39. The number of amides is 2. The second-order valence-corrected chi connectivity index (χ2v) is 6.87. The molecule has 5 rings (SSSR count). The van der Waals surface area contributed by atoms with Gasteiger partial charge < -0.3 is 4.74 Å². The van der Waals surface area contributed by atoms with Gasteiger partial charge >= 0.3 is 0 Å². The third-order valence-electron chi connectivity index (χ3n) is 5.37. The Labute approximate surface area is 138 Å². The lowest BCUT2D eigenvalue weighted by atomic mass is 9.81. The van der Waals surface area contributed by atoms with E-state index in [0.717, 1.165) is 23.6 Å². The minimum atomic E-state index is -0.310. The van der Waals surface area contributed by atoms with Crippen molar-refractivity contribution in [1.29, 1.82) is 0 Å². The van der Waals surface area contributed by atoms with Gasteiger partial charge in [0.2, 0.25) is 11.8 Å². The number of hydrogen-bond donors (Lipinski definition) is 0. The molecule has 4 atom stereocenters. The summed E-state index contributed by atoms with van der Waals surface area (Å²) in [6.45, 7) is 0. The smallest absolute Gasteiger partial charge is 0.240 e. The Morgan fingerprint density at radius 3 is 2.17 bits per heavy atom. The van der Waals surface area contributed by atoms with Crippen LogP contribution >= 0.6 is 11.6 Å². The van der Waals surface area contributed by atoms with Crippen LogP contribution in [0.4, 0.5) is 5.69 Å². The van der Waals surface area contributed by atoms with E-state index in [2.05, 4.69) is 0 Å². The quantitative estimate of drug-likeness (QED) is 0.756. The summed E-state index contributed by atoms with van der Waals surface area (Å²) in [6, 6.07) is 11.1. The summed E-state index contributed by atoms with van der Waals surface area (Å²) in [7, 11) is 0. The molecule has 23 heavy (non-hydrogen) atoms. The summed E-state index contributed by atoms with van der Waals surface area (Å²) in [5.74, 6) is -0.870. The summed E-state index contributed by atoms with van der Waals surface area (Å²) in [4.78, 5) is 27.2. The summed E-state index contributed by atoms with van der Waals surface area (Å²) >= 11 is 6.25. The van der Waals surface area contributed by atoms with Crippen LogP contribution in [-0.4, -0.2) is 24.0 Å². The number of rotatable bonds is 1. The van der Waals surface area contributed by atoms with Crippen molar-refractivity contribution in [2.24, 2.45) is 11.8 Å². The lowest BCUT2D eigenvalue weighted by Gasteiger charge is -2.19. The van der Waals surface area contributed by atoms with Crippen molar-refractivity contribution in [1.82, 2.24) is 0 Å². The van der Waals surface area contributed by atoms with Crippen LogP contribution in [0.1, 0.15) is 12.8 Å². The SMILES string of the molecule is O=C1[C@@H]2[C@H](C(=O)N1c1ccc(Cl)c3ccccc13)[C@H]1CC[C@@H]2O1. The predicted octanol–water partition coefficient (Wildman–Crippen LogP) is 3.16. The van der Waals surface area contributed by atoms with E-state index in [0.29, 0.717) is 10.7 Å². The number of carbonyl (C=O) groups is 2. The topological polar surface area (TPSA) is 46.6 Å². The molecule has 0 aliphatic carbocycles. The number of benzene rings is 2. The molecule has 0 unspecified atom stereocenters. The Bertz CT molecular complexity index is 836. The number of fused-ring (bicyclic) bond motifs is 6. The Morgan fingerprint density at radius 2 is 1.52 bits per heavy atom. The van der Waals surface area contributed by atoms with E-state index in [1.165, 1.54) is 4.90 Å². The van der Waals surface area contributed by atoms with E-state index in [1.807, 2.05) is 24.3 Å². The average molecular weight is 328 g/mol. The zero-order chi connectivity index (χ0) is 15.7. The van der Waals surface area contributed by atoms with Gasteiger partial charge in [0.1, 0.15) is 0 Å². The van der Waals surface area contributed by atoms with E-state index in [4.69, 9.17) is 16.3 Å². The third-order valence-corrected chi connectivity index (χ3v) is 5.70. The molecule has 3 heterocycles. The summed E-state index contributed by atoms with van der Waals surface area (Å²) in [6.07, 6.45) is 1.56. The molecule has 4 nitrogen and oxygen atoms in total. The Hall–Kier alpha value is -1.91. The minimum absolute atomic E-state index is 0.0926. The summed E-state index contributed by atoms with van der Waals surface area (Å²) < 4.78 is 5.78. The molecule has 3 fully saturated rings. The molecule has 0 spiro atoms. The fraction of sp³-hybridized carbons (Fsp3) is 0.333. The molecule has 2 aromatic rings. The average Bonchev–Trinajstić information content (AvgIpc) is 3.24.